The molecule has 2 unspecified atom stereocenters. The summed E-state index contributed by atoms with van der Waals surface area (Å²) >= 11 is 0. The van der Waals surface area contributed by atoms with E-state index < -0.39 is 72.6 Å². The molecule has 3 N–H and O–H groups in total. The van der Waals surface area contributed by atoms with E-state index in [1.54, 1.807) is 30.3 Å². The van der Waals surface area contributed by atoms with Gasteiger partial charge in [-0.05, 0) is 5.56 Å². The third-order valence-electron chi connectivity index (χ3n) is 4.51. The van der Waals surface area contributed by atoms with E-state index in [9.17, 15) is 33.9 Å². The summed E-state index contributed by atoms with van der Waals surface area (Å²) in [6, 6.07) is 7.77. The summed E-state index contributed by atoms with van der Waals surface area (Å²) < 4.78 is 8.28. The Bertz CT molecular complexity index is 887. The number of ether oxygens (including phenoxy) is 2. The van der Waals surface area contributed by atoms with Crippen LogP contribution < -0.4 is 21.1 Å². The number of nitrogens with one attached hydrogen (secondary N) is 3. The molecule has 13 heteroatoms. The maximum Gasteiger partial charge on any atom is 0.425 e. The lowest BCUT2D eigenvalue weighted by Crippen LogP contribution is -2.62. The number of urea groups is 1. The predicted molar refractivity (Wildman–Crippen MR) is 102 cm³/mol. The highest BCUT2D eigenvalue weighted by Crippen LogP contribution is 2.14. The fourth-order valence-electron chi connectivity index (χ4n) is 2.92. The zero-order chi connectivity index (χ0) is 23.7. The first-order valence-corrected chi connectivity index (χ1v) is 9.38. The Morgan fingerprint density at radius 2 is 1.81 bits per heavy atom. The Morgan fingerprint density at radius 3 is 2.38 bits per heavy atom. The highest BCUT2D eigenvalue weighted by atomic mass is 16.5. The molecular weight excluding hydrogens is 428 g/mol. The number of alkyl carbamates (subject to hydrolysis) is 1. The van der Waals surface area contributed by atoms with Crippen molar-refractivity contribution in [2.75, 3.05) is 26.7 Å². The van der Waals surface area contributed by atoms with Gasteiger partial charge in [-0.1, -0.05) is 30.3 Å². The molecule has 0 aliphatic carbocycles. The Balaban J connectivity index is 2.03. The van der Waals surface area contributed by atoms with E-state index in [1.165, 1.54) is 0 Å². The maximum atomic E-state index is 12.5. The largest absolute Gasteiger partial charge is 0.550 e. The van der Waals surface area contributed by atoms with Crippen molar-refractivity contribution in [3.63, 3.8) is 0 Å². The van der Waals surface area contributed by atoms with Crippen LogP contribution in [0.5, 0.6) is 0 Å². The highest BCUT2D eigenvalue weighted by Gasteiger charge is 2.53. The van der Waals surface area contributed by atoms with E-state index in [-0.39, 0.29) is 6.61 Å². The monoisotopic (exact) mass is 450 g/mol. The summed E-state index contributed by atoms with van der Waals surface area (Å²) in [7, 11) is 1.05. The van der Waals surface area contributed by atoms with E-state index >= 15 is 0 Å². The number of esters is 1. The number of amides is 5. The molecule has 0 spiro atoms. The summed E-state index contributed by atoms with van der Waals surface area (Å²) in [6.45, 7) is -2.04. The van der Waals surface area contributed by atoms with Crippen LogP contribution >= 0.6 is 0 Å². The molecule has 0 saturated carbocycles. The van der Waals surface area contributed by atoms with Gasteiger partial charge in [0.1, 0.15) is 19.3 Å². The van der Waals surface area contributed by atoms with E-state index in [4.69, 9.17) is 4.74 Å². The predicted octanol–water partition coefficient (Wildman–Crippen LogP) is -2.27. The molecule has 1 aliphatic heterocycles. The van der Waals surface area contributed by atoms with Crippen LogP contribution in [-0.2, 0) is 35.3 Å². The quantitative estimate of drug-likeness (QED) is 0.153. The second kappa shape index (κ2) is 10.9. The number of carboxylic acid groups (broad SMARTS) is 1. The first kappa shape index (κ1) is 24.3. The number of quaternary nitrogens is 1. The Morgan fingerprint density at radius 1 is 1.12 bits per heavy atom. The van der Waals surface area contributed by atoms with Crippen LogP contribution in [0, 0.1) is 0 Å². The summed E-state index contributed by atoms with van der Waals surface area (Å²) in [5, 5.41) is 17.6. The van der Waals surface area contributed by atoms with Crippen molar-refractivity contribution in [2.24, 2.45) is 0 Å². The second-order valence-electron chi connectivity index (χ2n) is 6.81. The molecule has 0 radical (unpaired) electrons. The number of aliphatic carboxylic acids is 1. The molecule has 1 aromatic rings. The number of benzene rings is 1. The maximum absolute atomic E-state index is 12.5. The molecule has 0 bridgehead atoms. The number of carbonyl (C=O) groups is 6. The molecule has 32 heavy (non-hydrogen) atoms. The topological polar surface area (TPSA) is 180 Å². The first-order chi connectivity index (χ1) is 15.2. The van der Waals surface area contributed by atoms with Gasteiger partial charge in [0.15, 0.2) is 13.1 Å². The van der Waals surface area contributed by atoms with Gasteiger partial charge >= 0.3 is 24.0 Å². The van der Waals surface area contributed by atoms with Gasteiger partial charge in [0, 0.05) is 12.4 Å². The van der Waals surface area contributed by atoms with Gasteiger partial charge in [0.25, 0.3) is 5.91 Å². The van der Waals surface area contributed by atoms with Gasteiger partial charge in [0.05, 0.1) is 7.11 Å². The summed E-state index contributed by atoms with van der Waals surface area (Å²) in [5.41, 5.74) is 0.677. The summed E-state index contributed by atoms with van der Waals surface area (Å²) in [5.74, 6) is -4.22. The molecule has 1 saturated heterocycles. The Hall–Kier alpha value is -4.00. The molecule has 172 valence electrons. The molecule has 13 nitrogen and oxygen atoms in total. The van der Waals surface area contributed by atoms with Gasteiger partial charge in [-0.3, -0.25) is 10.1 Å². The number of carboxylic acids is 1. The zero-order valence-electron chi connectivity index (χ0n) is 17.1. The van der Waals surface area contributed by atoms with Crippen LogP contribution in [0.3, 0.4) is 0 Å². The van der Waals surface area contributed by atoms with Crippen molar-refractivity contribution in [1.82, 2.24) is 16.0 Å². The van der Waals surface area contributed by atoms with E-state index in [0.717, 1.165) is 7.11 Å². The molecule has 2 rings (SSSR count). The molecule has 0 aromatic heterocycles. The number of imide groups is 1. The standard InChI is InChI=1S/C19H22N4O9/c1-31-17(28)10-23(15(25)8-20-18(23)29)9-14(24)21-13(7-16(26)27)22-19(30)32-11-12-5-3-2-4-6-12/h2-6,13H,7-11H2,1H3,(H3-,20,21,22,24,26,27,29,30). The van der Waals surface area contributed by atoms with Crippen LogP contribution in [0.2, 0.25) is 0 Å². The van der Waals surface area contributed by atoms with Crippen molar-refractivity contribution in [1.29, 1.82) is 0 Å². The number of hydrogen-bond acceptors (Lipinski definition) is 9. The number of hydrogen-bond donors (Lipinski definition) is 3. The lowest BCUT2D eigenvalue weighted by molar-refractivity contribution is -0.750. The van der Waals surface area contributed by atoms with Gasteiger partial charge in [-0.2, -0.15) is 4.48 Å². The average molecular weight is 450 g/mol. The molecular formula is C19H22N4O9. The van der Waals surface area contributed by atoms with E-state index in [1.807, 2.05) is 0 Å². The fourth-order valence-corrected chi connectivity index (χ4v) is 2.92. The second-order valence-corrected chi connectivity index (χ2v) is 6.81. The minimum atomic E-state index is -1.59. The Labute approximate surface area is 182 Å². The van der Waals surface area contributed by atoms with Crippen molar-refractivity contribution in [2.45, 2.75) is 19.2 Å². The number of nitrogens with zero attached hydrogens (tertiary/aromatic N) is 1. The van der Waals surface area contributed by atoms with Gasteiger partial charge in [-0.15, -0.1) is 0 Å². The van der Waals surface area contributed by atoms with Crippen LogP contribution in [0.15, 0.2) is 30.3 Å². The molecule has 1 heterocycles. The average Bonchev–Trinajstić information content (AvgIpc) is 3.00. The van der Waals surface area contributed by atoms with Crippen LogP contribution in [0.1, 0.15) is 12.0 Å². The van der Waals surface area contributed by atoms with E-state index in [0.29, 0.717) is 5.56 Å². The SMILES string of the molecule is COC(=O)C[N+]1(CC(=O)NC(CC(=O)[O-])NC(=O)OCc2ccccc2)C(=O)CNC1=O. The minimum absolute atomic E-state index is 0.105. The molecule has 5 amide bonds. The third kappa shape index (κ3) is 6.50. The molecule has 1 fully saturated rings. The van der Waals surface area contributed by atoms with Crippen LogP contribution in [0.4, 0.5) is 9.59 Å². The Kier molecular flexibility index (Phi) is 8.24. The first-order valence-electron chi connectivity index (χ1n) is 9.38. The number of carbonyl (C=O) groups excluding carboxylic acids is 6. The highest BCUT2D eigenvalue weighted by molar-refractivity contribution is 5.96. The van der Waals surface area contributed by atoms with Crippen molar-refractivity contribution in [3.05, 3.63) is 35.9 Å². The number of methoxy groups -OCH3 is 1. The molecule has 2 atom stereocenters. The zero-order valence-corrected chi connectivity index (χ0v) is 17.1. The van der Waals surface area contributed by atoms with E-state index in [2.05, 4.69) is 20.7 Å². The lowest BCUT2D eigenvalue weighted by atomic mass is 10.2. The van der Waals surface area contributed by atoms with Crippen molar-refractivity contribution in [3.8, 4) is 0 Å². The van der Waals surface area contributed by atoms with Crippen molar-refractivity contribution >= 4 is 35.9 Å². The van der Waals surface area contributed by atoms with Crippen molar-refractivity contribution < 1.29 is 47.8 Å². The normalized spacial score (nSPS) is 18.3. The van der Waals surface area contributed by atoms with Gasteiger partial charge in [-0.25, -0.2) is 19.2 Å². The van der Waals surface area contributed by atoms with Crippen LogP contribution in [-0.4, -0.2) is 73.3 Å². The van der Waals surface area contributed by atoms with Crippen LogP contribution in [0.25, 0.3) is 0 Å². The van der Waals surface area contributed by atoms with Gasteiger partial charge in [0.2, 0.25) is 0 Å². The lowest BCUT2D eigenvalue weighted by Gasteiger charge is -2.27. The summed E-state index contributed by atoms with van der Waals surface area (Å²) in [6.07, 6.45) is -3.30. The minimum Gasteiger partial charge on any atom is -0.550 e. The smallest absolute Gasteiger partial charge is 0.425 e. The third-order valence-corrected chi connectivity index (χ3v) is 4.51. The van der Waals surface area contributed by atoms with Gasteiger partial charge < -0.3 is 30.0 Å². The fraction of sp³-hybridized carbons (Fsp3) is 0.368. The number of rotatable bonds is 10. The molecule has 1 aliphatic rings. The summed E-state index contributed by atoms with van der Waals surface area (Å²) in [4.78, 5) is 71.7. The molecule has 1 aromatic carbocycles.